The zero-order valence-corrected chi connectivity index (χ0v) is 11.7. The van der Waals surface area contributed by atoms with Crippen LogP contribution in [0.25, 0.3) is 0 Å². The second kappa shape index (κ2) is 6.27. The highest BCUT2D eigenvalue weighted by atomic mass is 35.5. The van der Waals surface area contributed by atoms with Crippen LogP contribution < -0.4 is 5.32 Å². The summed E-state index contributed by atoms with van der Waals surface area (Å²) in [4.78, 5) is 22.3. The van der Waals surface area contributed by atoms with Crippen molar-refractivity contribution in [3.63, 3.8) is 0 Å². The van der Waals surface area contributed by atoms with E-state index >= 15 is 0 Å². The monoisotopic (exact) mass is 306 g/mol. The number of amides is 1. The van der Waals surface area contributed by atoms with Crippen molar-refractivity contribution in [2.45, 2.75) is 12.8 Å². The van der Waals surface area contributed by atoms with E-state index in [9.17, 15) is 14.9 Å². The third-order valence-electron chi connectivity index (χ3n) is 2.86. The van der Waals surface area contributed by atoms with E-state index in [2.05, 4.69) is 15.5 Å². The molecule has 1 aromatic carbocycles. The molecule has 7 nitrogen and oxygen atoms in total. The van der Waals surface area contributed by atoms with E-state index in [-0.39, 0.29) is 22.6 Å². The van der Waals surface area contributed by atoms with Crippen molar-refractivity contribution in [1.29, 1.82) is 0 Å². The number of carbonyl (C=O) groups is 1. The standard InChI is InChI=1S/C13H11ClN4O3/c1-8(9-3-2-4-10(7-9)18(20)21)13(19)15-12-6-5-11(14)16-17-12/h2-8H,1H3,(H,15,17,19). The van der Waals surface area contributed by atoms with E-state index in [4.69, 9.17) is 11.6 Å². The molecule has 2 rings (SSSR count). The summed E-state index contributed by atoms with van der Waals surface area (Å²) in [7, 11) is 0. The molecule has 0 aliphatic rings. The lowest BCUT2D eigenvalue weighted by molar-refractivity contribution is -0.384. The number of carbonyl (C=O) groups excluding carboxylic acids is 1. The Morgan fingerprint density at radius 3 is 2.71 bits per heavy atom. The van der Waals surface area contributed by atoms with Gasteiger partial charge < -0.3 is 5.32 Å². The molecule has 0 fully saturated rings. The van der Waals surface area contributed by atoms with Gasteiger partial charge in [0, 0.05) is 12.1 Å². The number of aromatic nitrogens is 2. The summed E-state index contributed by atoms with van der Waals surface area (Å²) in [5, 5.41) is 20.9. The number of halogens is 1. The van der Waals surface area contributed by atoms with Crippen molar-refractivity contribution in [2.75, 3.05) is 5.32 Å². The molecule has 0 aliphatic carbocycles. The zero-order chi connectivity index (χ0) is 15.4. The maximum Gasteiger partial charge on any atom is 0.269 e. The van der Waals surface area contributed by atoms with E-state index in [0.717, 1.165) is 0 Å². The molecule has 0 radical (unpaired) electrons. The fraction of sp³-hybridized carbons (Fsp3) is 0.154. The van der Waals surface area contributed by atoms with Crippen LogP contribution in [0, 0.1) is 10.1 Å². The highest BCUT2D eigenvalue weighted by molar-refractivity contribution is 6.29. The van der Waals surface area contributed by atoms with Gasteiger partial charge in [-0.05, 0) is 24.6 Å². The summed E-state index contributed by atoms with van der Waals surface area (Å²) in [5.74, 6) is -0.642. The Kier molecular flexibility index (Phi) is 4.44. The van der Waals surface area contributed by atoms with Crippen LogP contribution in [0.4, 0.5) is 11.5 Å². The second-order valence-electron chi connectivity index (χ2n) is 4.30. The third-order valence-corrected chi connectivity index (χ3v) is 3.06. The number of nitrogens with zero attached hydrogens (tertiary/aromatic N) is 3. The molecule has 0 spiro atoms. The van der Waals surface area contributed by atoms with E-state index in [1.165, 1.54) is 24.3 Å². The van der Waals surface area contributed by atoms with Crippen LogP contribution in [0.3, 0.4) is 0 Å². The maximum atomic E-state index is 12.1. The van der Waals surface area contributed by atoms with Gasteiger partial charge >= 0.3 is 0 Å². The molecule has 1 aromatic heterocycles. The quantitative estimate of drug-likeness (QED) is 0.691. The summed E-state index contributed by atoms with van der Waals surface area (Å²) < 4.78 is 0. The number of non-ortho nitro benzene ring substituents is 1. The van der Waals surface area contributed by atoms with Crippen LogP contribution in [0.5, 0.6) is 0 Å². The number of hydrogen-bond acceptors (Lipinski definition) is 5. The summed E-state index contributed by atoms with van der Waals surface area (Å²) in [5.41, 5.74) is 0.488. The minimum atomic E-state index is -0.567. The minimum Gasteiger partial charge on any atom is -0.309 e. The van der Waals surface area contributed by atoms with Gasteiger partial charge in [-0.2, -0.15) is 0 Å². The molecule has 1 amide bonds. The first-order chi connectivity index (χ1) is 9.97. The van der Waals surface area contributed by atoms with Gasteiger partial charge in [0.1, 0.15) is 0 Å². The van der Waals surface area contributed by atoms with Crippen LogP contribution in [-0.4, -0.2) is 21.0 Å². The SMILES string of the molecule is CC(C(=O)Nc1ccc(Cl)nn1)c1cccc([N+](=O)[O-])c1. The van der Waals surface area contributed by atoms with E-state index in [1.807, 2.05) is 0 Å². The highest BCUT2D eigenvalue weighted by Gasteiger charge is 2.18. The largest absolute Gasteiger partial charge is 0.309 e. The molecule has 1 unspecified atom stereocenters. The predicted octanol–water partition coefficient (Wildman–Crippen LogP) is 2.78. The number of hydrogen-bond donors (Lipinski definition) is 1. The summed E-state index contributed by atoms with van der Waals surface area (Å²) in [6.45, 7) is 1.65. The fourth-order valence-corrected chi connectivity index (χ4v) is 1.78. The summed E-state index contributed by atoms with van der Waals surface area (Å²) in [6, 6.07) is 8.97. The first-order valence-corrected chi connectivity index (χ1v) is 6.39. The van der Waals surface area contributed by atoms with Crippen molar-refractivity contribution < 1.29 is 9.72 Å². The fourth-order valence-electron chi connectivity index (χ4n) is 1.68. The van der Waals surface area contributed by atoms with E-state index in [0.29, 0.717) is 5.56 Å². The van der Waals surface area contributed by atoms with Crippen molar-refractivity contribution in [2.24, 2.45) is 0 Å². The molecule has 1 atom stereocenters. The predicted molar refractivity (Wildman–Crippen MR) is 77.2 cm³/mol. The van der Waals surface area contributed by atoms with Crippen molar-refractivity contribution in [1.82, 2.24) is 10.2 Å². The van der Waals surface area contributed by atoms with Crippen LogP contribution in [0.1, 0.15) is 18.4 Å². The minimum absolute atomic E-state index is 0.0570. The normalized spacial score (nSPS) is 11.7. The average Bonchev–Trinajstić information content (AvgIpc) is 2.49. The zero-order valence-electron chi connectivity index (χ0n) is 11.0. The molecular weight excluding hydrogens is 296 g/mol. The summed E-state index contributed by atoms with van der Waals surface area (Å²) in [6.07, 6.45) is 0. The first-order valence-electron chi connectivity index (χ1n) is 6.02. The second-order valence-corrected chi connectivity index (χ2v) is 4.69. The van der Waals surface area contributed by atoms with Gasteiger partial charge in [-0.15, -0.1) is 10.2 Å². The van der Waals surface area contributed by atoms with Crippen LogP contribution in [-0.2, 0) is 4.79 Å². The molecular formula is C13H11ClN4O3. The number of rotatable bonds is 4. The van der Waals surface area contributed by atoms with Gasteiger partial charge in [-0.25, -0.2) is 0 Å². The lowest BCUT2D eigenvalue weighted by Crippen LogP contribution is -2.19. The molecule has 0 saturated heterocycles. The Hall–Kier alpha value is -2.54. The molecule has 108 valence electrons. The molecule has 0 saturated carbocycles. The van der Waals surface area contributed by atoms with Gasteiger partial charge in [-0.1, -0.05) is 23.7 Å². The third kappa shape index (κ3) is 3.73. The molecule has 0 aliphatic heterocycles. The highest BCUT2D eigenvalue weighted by Crippen LogP contribution is 2.22. The van der Waals surface area contributed by atoms with Gasteiger partial charge in [0.25, 0.3) is 5.69 Å². The van der Waals surface area contributed by atoms with Crippen LogP contribution >= 0.6 is 11.6 Å². The molecule has 1 heterocycles. The maximum absolute atomic E-state index is 12.1. The number of nitrogens with one attached hydrogen (secondary N) is 1. The molecule has 0 bridgehead atoms. The van der Waals surface area contributed by atoms with Crippen molar-refractivity contribution >= 4 is 29.0 Å². The molecule has 2 aromatic rings. The molecule has 21 heavy (non-hydrogen) atoms. The smallest absolute Gasteiger partial charge is 0.269 e. The van der Waals surface area contributed by atoms with E-state index < -0.39 is 10.8 Å². The Morgan fingerprint density at radius 2 is 2.10 bits per heavy atom. The van der Waals surface area contributed by atoms with Crippen molar-refractivity contribution in [3.8, 4) is 0 Å². The average molecular weight is 307 g/mol. The van der Waals surface area contributed by atoms with Gasteiger partial charge in [0.15, 0.2) is 11.0 Å². The topological polar surface area (TPSA) is 98.0 Å². The number of nitro groups is 1. The first kappa shape index (κ1) is 14.9. The Morgan fingerprint density at radius 1 is 1.33 bits per heavy atom. The number of nitro benzene ring substituents is 1. The van der Waals surface area contributed by atoms with Crippen LogP contribution in [0.2, 0.25) is 5.15 Å². The van der Waals surface area contributed by atoms with Crippen LogP contribution in [0.15, 0.2) is 36.4 Å². The Bertz CT molecular complexity index is 675. The number of anilines is 1. The molecule has 1 N–H and O–H groups in total. The molecule has 8 heteroatoms. The number of benzene rings is 1. The lowest BCUT2D eigenvalue weighted by atomic mass is 10.00. The van der Waals surface area contributed by atoms with Gasteiger partial charge in [0.05, 0.1) is 10.8 Å². The summed E-state index contributed by atoms with van der Waals surface area (Å²) >= 11 is 5.60. The lowest BCUT2D eigenvalue weighted by Gasteiger charge is -2.11. The Labute approximate surface area is 125 Å². The van der Waals surface area contributed by atoms with Gasteiger partial charge in [0.2, 0.25) is 5.91 Å². The van der Waals surface area contributed by atoms with Gasteiger partial charge in [-0.3, -0.25) is 14.9 Å². The van der Waals surface area contributed by atoms with Crippen molar-refractivity contribution in [3.05, 3.63) is 57.2 Å². The van der Waals surface area contributed by atoms with E-state index in [1.54, 1.807) is 19.1 Å². The Balaban J connectivity index is 2.13.